The quantitative estimate of drug-likeness (QED) is 0.826. The monoisotopic (exact) mass is 279 g/mol. The van der Waals surface area contributed by atoms with Crippen LogP contribution >= 0.6 is 0 Å². The highest BCUT2D eigenvalue weighted by atomic mass is 16.6. The van der Waals surface area contributed by atoms with Crippen LogP contribution in [0.1, 0.15) is 32.3 Å². The van der Waals surface area contributed by atoms with Gasteiger partial charge in [0.05, 0.1) is 12.6 Å². The maximum Gasteiger partial charge on any atom is 0.410 e. The highest BCUT2D eigenvalue weighted by Gasteiger charge is 2.37. The Balaban J connectivity index is 2.10. The molecule has 1 aliphatic heterocycles. The van der Waals surface area contributed by atoms with Gasteiger partial charge in [-0.15, -0.1) is 0 Å². The first kappa shape index (κ1) is 14.7. The van der Waals surface area contributed by atoms with Crippen LogP contribution in [0, 0.1) is 0 Å². The zero-order valence-corrected chi connectivity index (χ0v) is 12.0. The van der Waals surface area contributed by atoms with E-state index in [9.17, 15) is 15.0 Å². The first-order chi connectivity index (χ1) is 9.28. The summed E-state index contributed by atoms with van der Waals surface area (Å²) in [7, 11) is 0. The predicted octanol–water partition coefficient (Wildman–Crippen LogP) is 2.09. The Morgan fingerprint density at radius 2 is 1.95 bits per heavy atom. The third-order valence-electron chi connectivity index (χ3n) is 3.28. The van der Waals surface area contributed by atoms with Crippen LogP contribution in [0.25, 0.3) is 0 Å². The van der Waals surface area contributed by atoms with Gasteiger partial charge in [0.2, 0.25) is 0 Å². The summed E-state index contributed by atoms with van der Waals surface area (Å²) in [4.78, 5) is 13.5. The molecule has 2 N–H and O–H groups in total. The molecule has 0 aliphatic carbocycles. The van der Waals surface area contributed by atoms with E-state index in [-0.39, 0.29) is 18.2 Å². The van der Waals surface area contributed by atoms with Gasteiger partial charge in [-0.25, -0.2) is 4.79 Å². The van der Waals surface area contributed by atoms with Gasteiger partial charge in [-0.05, 0) is 26.8 Å². The molecule has 1 fully saturated rings. The molecule has 0 spiro atoms. The number of phenolic OH excluding ortho intramolecular Hbond substituents is 1. The van der Waals surface area contributed by atoms with Gasteiger partial charge in [-0.2, -0.15) is 0 Å². The Kier molecular flexibility index (Phi) is 3.90. The first-order valence-electron chi connectivity index (χ1n) is 6.72. The average molecular weight is 279 g/mol. The minimum absolute atomic E-state index is 0.141. The van der Waals surface area contributed by atoms with Gasteiger partial charge in [-0.1, -0.05) is 18.2 Å². The lowest BCUT2D eigenvalue weighted by Crippen LogP contribution is -2.35. The zero-order valence-electron chi connectivity index (χ0n) is 12.0. The molecule has 0 unspecified atom stereocenters. The van der Waals surface area contributed by atoms with E-state index in [2.05, 4.69) is 0 Å². The fraction of sp³-hybridized carbons (Fsp3) is 0.533. The third-order valence-corrected chi connectivity index (χ3v) is 3.28. The van der Waals surface area contributed by atoms with Crippen LogP contribution in [0.5, 0.6) is 5.75 Å². The molecule has 20 heavy (non-hydrogen) atoms. The topological polar surface area (TPSA) is 70.0 Å². The van der Waals surface area contributed by atoms with Crippen LogP contribution in [0.2, 0.25) is 0 Å². The van der Waals surface area contributed by atoms with E-state index >= 15 is 0 Å². The molecule has 5 nitrogen and oxygen atoms in total. The second-order valence-corrected chi connectivity index (χ2v) is 6.12. The number of β-amino-alcohol motifs (C(OH)–C–C–N with tert-alkyl or cyclic N) is 1. The Labute approximate surface area is 118 Å². The van der Waals surface area contributed by atoms with Crippen molar-refractivity contribution in [2.75, 3.05) is 13.1 Å². The number of hydrogen-bond donors (Lipinski definition) is 2. The molecule has 1 heterocycles. The standard InChI is InChI=1S/C15H21NO4/c1-15(2,3)20-14(19)16-8-11(13(18)9-16)10-6-4-5-7-12(10)17/h4-7,11,13,17-18H,8-9H2,1-3H3/t11-,13+/m0/s1. The number of aromatic hydroxyl groups is 1. The number of para-hydroxylation sites is 1. The molecule has 2 rings (SSSR count). The van der Waals surface area contributed by atoms with Crippen molar-refractivity contribution < 1.29 is 19.7 Å². The summed E-state index contributed by atoms with van der Waals surface area (Å²) in [6.45, 7) is 5.97. The van der Waals surface area contributed by atoms with Gasteiger partial charge in [0, 0.05) is 18.0 Å². The Bertz CT molecular complexity index is 495. The van der Waals surface area contributed by atoms with Gasteiger partial charge in [0.1, 0.15) is 11.4 Å². The normalized spacial score (nSPS) is 22.9. The van der Waals surface area contributed by atoms with Crippen molar-refractivity contribution in [1.82, 2.24) is 4.90 Å². The van der Waals surface area contributed by atoms with E-state index in [1.54, 1.807) is 45.0 Å². The second kappa shape index (κ2) is 5.32. The lowest BCUT2D eigenvalue weighted by molar-refractivity contribution is 0.0270. The van der Waals surface area contributed by atoms with Gasteiger partial charge in [-0.3, -0.25) is 0 Å². The maximum atomic E-state index is 12.0. The first-order valence-corrected chi connectivity index (χ1v) is 6.72. The molecule has 0 saturated carbocycles. The van der Waals surface area contributed by atoms with E-state index in [1.807, 2.05) is 0 Å². The van der Waals surface area contributed by atoms with Crippen molar-refractivity contribution in [3.05, 3.63) is 29.8 Å². The molecule has 5 heteroatoms. The Morgan fingerprint density at radius 1 is 1.30 bits per heavy atom. The predicted molar refractivity (Wildman–Crippen MR) is 74.7 cm³/mol. The number of ether oxygens (including phenoxy) is 1. The lowest BCUT2D eigenvalue weighted by atomic mass is 9.95. The fourth-order valence-electron chi connectivity index (χ4n) is 2.37. The van der Waals surface area contributed by atoms with Crippen LogP contribution in [-0.2, 0) is 4.74 Å². The number of carbonyl (C=O) groups is 1. The molecule has 1 amide bonds. The van der Waals surface area contributed by atoms with E-state index in [1.165, 1.54) is 4.90 Å². The molecule has 2 atom stereocenters. The largest absolute Gasteiger partial charge is 0.508 e. The SMILES string of the molecule is CC(C)(C)OC(=O)N1C[C@@H](O)[C@H](c2ccccc2O)C1. The smallest absolute Gasteiger partial charge is 0.410 e. The number of nitrogens with zero attached hydrogens (tertiary/aromatic N) is 1. The molecule has 1 aromatic rings. The summed E-state index contributed by atoms with van der Waals surface area (Å²) in [5, 5.41) is 20.0. The maximum absolute atomic E-state index is 12.0. The van der Waals surface area contributed by atoms with Gasteiger partial charge < -0.3 is 19.8 Å². The second-order valence-electron chi connectivity index (χ2n) is 6.12. The molecule has 0 radical (unpaired) electrons. The van der Waals surface area contributed by atoms with Crippen molar-refractivity contribution in [1.29, 1.82) is 0 Å². The number of amides is 1. The minimum atomic E-state index is -0.698. The van der Waals surface area contributed by atoms with Gasteiger partial charge >= 0.3 is 6.09 Å². The van der Waals surface area contributed by atoms with Crippen molar-refractivity contribution in [2.45, 2.75) is 38.4 Å². The summed E-state index contributed by atoms with van der Waals surface area (Å²) in [6, 6.07) is 6.88. The van der Waals surface area contributed by atoms with Crippen molar-refractivity contribution >= 4 is 6.09 Å². The molecule has 110 valence electrons. The van der Waals surface area contributed by atoms with Crippen molar-refractivity contribution in [3.8, 4) is 5.75 Å². The summed E-state index contributed by atoms with van der Waals surface area (Å²) in [6.07, 6.45) is -1.13. The lowest BCUT2D eigenvalue weighted by Gasteiger charge is -2.24. The highest BCUT2D eigenvalue weighted by Crippen LogP contribution is 2.33. The summed E-state index contributed by atoms with van der Waals surface area (Å²) in [5.41, 5.74) is 0.0979. The van der Waals surface area contributed by atoms with Crippen LogP contribution in [-0.4, -0.2) is 46.0 Å². The molecule has 0 aromatic heterocycles. The number of hydrogen-bond acceptors (Lipinski definition) is 4. The molecule has 0 bridgehead atoms. The molecule has 1 aliphatic rings. The molecule has 1 aromatic carbocycles. The van der Waals surface area contributed by atoms with Crippen LogP contribution in [0.4, 0.5) is 4.79 Å². The van der Waals surface area contributed by atoms with Crippen molar-refractivity contribution in [3.63, 3.8) is 0 Å². The van der Waals surface area contributed by atoms with E-state index in [0.717, 1.165) is 0 Å². The highest BCUT2D eigenvalue weighted by molar-refractivity contribution is 5.69. The molecule has 1 saturated heterocycles. The molecular weight excluding hydrogens is 258 g/mol. The van der Waals surface area contributed by atoms with Crippen LogP contribution in [0.15, 0.2) is 24.3 Å². The number of carbonyl (C=O) groups excluding carboxylic acids is 1. The third kappa shape index (κ3) is 3.22. The minimum Gasteiger partial charge on any atom is -0.508 e. The molecular formula is C15H21NO4. The number of aliphatic hydroxyl groups is 1. The average Bonchev–Trinajstić information content (AvgIpc) is 2.70. The fourth-order valence-corrected chi connectivity index (χ4v) is 2.37. The van der Waals surface area contributed by atoms with Gasteiger partial charge in [0.15, 0.2) is 0 Å². The number of phenols is 1. The van der Waals surface area contributed by atoms with Crippen LogP contribution < -0.4 is 0 Å². The van der Waals surface area contributed by atoms with Gasteiger partial charge in [0.25, 0.3) is 0 Å². The number of aliphatic hydroxyl groups excluding tert-OH is 1. The summed E-state index contributed by atoms with van der Waals surface area (Å²) in [5.74, 6) is -0.147. The Hall–Kier alpha value is -1.75. The van der Waals surface area contributed by atoms with E-state index < -0.39 is 17.8 Å². The van der Waals surface area contributed by atoms with E-state index in [0.29, 0.717) is 12.1 Å². The summed E-state index contributed by atoms with van der Waals surface area (Å²) >= 11 is 0. The van der Waals surface area contributed by atoms with Crippen molar-refractivity contribution in [2.24, 2.45) is 0 Å². The Morgan fingerprint density at radius 3 is 2.55 bits per heavy atom. The number of benzene rings is 1. The van der Waals surface area contributed by atoms with E-state index in [4.69, 9.17) is 4.74 Å². The number of likely N-dealkylation sites (tertiary alicyclic amines) is 1. The zero-order chi connectivity index (χ0) is 14.9. The number of rotatable bonds is 1. The summed E-state index contributed by atoms with van der Waals surface area (Å²) < 4.78 is 5.30. The van der Waals surface area contributed by atoms with Crippen LogP contribution in [0.3, 0.4) is 0 Å².